The van der Waals surface area contributed by atoms with Gasteiger partial charge in [-0.1, -0.05) is 24.3 Å². The molecule has 1 aliphatic heterocycles. The Bertz CT molecular complexity index is 1390. The molecule has 0 spiro atoms. The molecule has 0 fully saturated rings. The smallest absolute Gasteiger partial charge is 0.250 e. The number of hydrogen-bond acceptors (Lipinski definition) is 6. The second-order valence-corrected chi connectivity index (χ2v) is 7.44. The zero-order chi connectivity index (χ0) is 22.1. The van der Waals surface area contributed by atoms with Crippen molar-refractivity contribution < 1.29 is 23.4 Å². The van der Waals surface area contributed by atoms with Gasteiger partial charge in [0.2, 0.25) is 12.7 Å². The number of benzene rings is 3. The molecule has 7 nitrogen and oxygen atoms in total. The third-order valence-corrected chi connectivity index (χ3v) is 5.21. The minimum absolute atomic E-state index is 0.138. The van der Waals surface area contributed by atoms with Crippen molar-refractivity contribution >= 4 is 56.9 Å². The molecule has 32 heavy (non-hydrogen) atoms. The second-order valence-electron chi connectivity index (χ2n) is 7.04. The molecule has 3 aromatic carbocycles. The number of amides is 1. The first-order valence-electron chi connectivity index (χ1n) is 9.80. The number of anilines is 1. The normalized spacial score (nSPS) is 12.4. The number of ether oxygens (including phenoxy) is 3. The van der Waals surface area contributed by atoms with Gasteiger partial charge < -0.3 is 23.9 Å². The fraction of sp³-hybridized carbons (Fsp3) is 0.0833. The maximum atomic E-state index is 12.3. The van der Waals surface area contributed by atoms with Crippen LogP contribution in [0.2, 0.25) is 0 Å². The Kier molecular flexibility index (Phi) is 5.12. The molecule has 8 heteroatoms. The van der Waals surface area contributed by atoms with Crippen LogP contribution in [-0.2, 0) is 4.79 Å². The van der Waals surface area contributed by atoms with Gasteiger partial charge in [0.15, 0.2) is 16.6 Å². The second kappa shape index (κ2) is 8.24. The first-order valence-corrected chi connectivity index (χ1v) is 10.2. The van der Waals surface area contributed by atoms with Gasteiger partial charge in [0.1, 0.15) is 16.9 Å². The molecule has 1 amide bonds. The van der Waals surface area contributed by atoms with Gasteiger partial charge in [-0.2, -0.15) is 0 Å². The minimum Gasteiger partial charge on any atom is -0.495 e. The average molecular weight is 446 g/mol. The monoisotopic (exact) mass is 446 g/mol. The van der Waals surface area contributed by atoms with Crippen LogP contribution in [0.4, 0.5) is 5.69 Å². The van der Waals surface area contributed by atoms with Crippen LogP contribution in [0, 0.1) is 0 Å². The Hall–Kier alpha value is -4.04. The van der Waals surface area contributed by atoms with Crippen molar-refractivity contribution in [2.75, 3.05) is 19.2 Å². The van der Waals surface area contributed by atoms with Crippen molar-refractivity contribution in [1.29, 1.82) is 0 Å². The third-order valence-electron chi connectivity index (χ3n) is 5.01. The van der Waals surface area contributed by atoms with Crippen molar-refractivity contribution in [1.82, 2.24) is 5.32 Å². The zero-order valence-corrected chi connectivity index (χ0v) is 17.8. The maximum Gasteiger partial charge on any atom is 0.250 e. The van der Waals surface area contributed by atoms with Crippen molar-refractivity contribution in [3.05, 3.63) is 66.2 Å². The van der Waals surface area contributed by atoms with Crippen LogP contribution in [0.25, 0.3) is 28.0 Å². The van der Waals surface area contributed by atoms with Gasteiger partial charge in [-0.05, 0) is 48.1 Å². The molecule has 4 aromatic rings. The van der Waals surface area contributed by atoms with Gasteiger partial charge in [0.25, 0.3) is 0 Å². The minimum atomic E-state index is -0.371. The van der Waals surface area contributed by atoms with E-state index in [1.165, 1.54) is 6.08 Å². The summed E-state index contributed by atoms with van der Waals surface area (Å²) >= 11 is 5.30. The summed E-state index contributed by atoms with van der Waals surface area (Å²) in [7, 11) is 1.57. The van der Waals surface area contributed by atoms with Gasteiger partial charge in [0.05, 0.1) is 12.8 Å². The van der Waals surface area contributed by atoms with Crippen molar-refractivity contribution in [2.24, 2.45) is 0 Å². The Balaban J connectivity index is 1.30. The van der Waals surface area contributed by atoms with E-state index in [1.807, 2.05) is 36.4 Å². The van der Waals surface area contributed by atoms with Gasteiger partial charge in [0, 0.05) is 22.9 Å². The summed E-state index contributed by atoms with van der Waals surface area (Å²) in [6.45, 7) is 0.201. The van der Waals surface area contributed by atoms with Crippen molar-refractivity contribution in [3.8, 4) is 17.2 Å². The Morgan fingerprint density at radius 2 is 1.88 bits per heavy atom. The molecule has 1 aromatic heterocycles. The SMILES string of the molecule is COc1cc2c(cc1NC(=S)NC(=O)C=Cc1ccc3c(c1)OCO3)oc1ccccc12. The van der Waals surface area contributed by atoms with Crippen LogP contribution >= 0.6 is 12.2 Å². The highest BCUT2D eigenvalue weighted by Crippen LogP contribution is 2.36. The average Bonchev–Trinajstić information content (AvgIpc) is 3.40. The van der Waals surface area contributed by atoms with E-state index in [1.54, 1.807) is 31.4 Å². The van der Waals surface area contributed by atoms with Gasteiger partial charge >= 0.3 is 0 Å². The highest BCUT2D eigenvalue weighted by molar-refractivity contribution is 7.80. The predicted octanol–water partition coefficient (Wildman–Crippen LogP) is 4.85. The first-order chi connectivity index (χ1) is 15.6. The summed E-state index contributed by atoms with van der Waals surface area (Å²) in [5.41, 5.74) is 2.86. The largest absolute Gasteiger partial charge is 0.495 e. The third kappa shape index (κ3) is 3.83. The molecule has 2 heterocycles. The molecule has 1 aliphatic rings. The molecule has 0 atom stereocenters. The molecule has 0 radical (unpaired) electrons. The van der Waals surface area contributed by atoms with E-state index in [2.05, 4.69) is 10.6 Å². The predicted molar refractivity (Wildman–Crippen MR) is 126 cm³/mol. The molecule has 0 saturated carbocycles. The lowest BCUT2D eigenvalue weighted by molar-refractivity contribution is -0.115. The van der Waals surface area contributed by atoms with E-state index >= 15 is 0 Å². The number of fused-ring (bicyclic) bond motifs is 4. The van der Waals surface area contributed by atoms with Gasteiger partial charge in [-0.15, -0.1) is 0 Å². The van der Waals surface area contributed by atoms with E-state index in [9.17, 15) is 4.79 Å². The molecule has 2 N–H and O–H groups in total. The van der Waals surface area contributed by atoms with Crippen molar-refractivity contribution in [2.45, 2.75) is 0 Å². The van der Waals surface area contributed by atoms with E-state index < -0.39 is 0 Å². The number of furan rings is 1. The lowest BCUT2D eigenvalue weighted by atomic mass is 10.1. The molecule has 160 valence electrons. The quantitative estimate of drug-likeness (QED) is 0.343. The lowest BCUT2D eigenvalue weighted by Crippen LogP contribution is -2.32. The van der Waals surface area contributed by atoms with E-state index in [-0.39, 0.29) is 17.8 Å². The number of carbonyl (C=O) groups is 1. The summed E-state index contributed by atoms with van der Waals surface area (Å²) < 4.78 is 22.0. The van der Waals surface area contributed by atoms with Crippen LogP contribution in [0.5, 0.6) is 17.2 Å². The molecule has 0 bridgehead atoms. The van der Waals surface area contributed by atoms with Gasteiger partial charge in [-0.25, -0.2) is 0 Å². The number of rotatable bonds is 4. The summed E-state index contributed by atoms with van der Waals surface area (Å²) in [6, 6.07) is 16.9. The molecular weight excluding hydrogens is 428 g/mol. The number of thiocarbonyl (C=S) groups is 1. The Morgan fingerprint density at radius 3 is 2.75 bits per heavy atom. The van der Waals surface area contributed by atoms with Crippen molar-refractivity contribution in [3.63, 3.8) is 0 Å². The zero-order valence-electron chi connectivity index (χ0n) is 17.0. The van der Waals surface area contributed by atoms with E-state index in [0.717, 1.165) is 21.9 Å². The highest BCUT2D eigenvalue weighted by atomic mass is 32.1. The number of methoxy groups -OCH3 is 1. The van der Waals surface area contributed by atoms with E-state index in [0.29, 0.717) is 28.5 Å². The molecule has 0 saturated heterocycles. The number of para-hydroxylation sites is 1. The molecular formula is C24H18N2O5S. The van der Waals surface area contributed by atoms with Gasteiger partial charge in [-0.3, -0.25) is 10.1 Å². The Morgan fingerprint density at radius 1 is 1.03 bits per heavy atom. The fourth-order valence-corrected chi connectivity index (χ4v) is 3.72. The number of carbonyl (C=O) groups excluding carboxylic acids is 1. The van der Waals surface area contributed by atoms with Crippen LogP contribution < -0.4 is 24.8 Å². The summed E-state index contributed by atoms with van der Waals surface area (Å²) in [6.07, 6.45) is 3.06. The summed E-state index contributed by atoms with van der Waals surface area (Å²) in [5, 5.41) is 7.70. The first kappa shape index (κ1) is 19.9. The van der Waals surface area contributed by atoms with Crippen LogP contribution in [0.1, 0.15) is 5.56 Å². The van der Waals surface area contributed by atoms with E-state index in [4.69, 9.17) is 30.8 Å². The lowest BCUT2D eigenvalue weighted by Gasteiger charge is -2.12. The molecule has 0 unspecified atom stereocenters. The summed E-state index contributed by atoms with van der Waals surface area (Å²) in [4.78, 5) is 12.3. The standard InChI is InChI=1S/C24H18N2O5S/c1-28-21-11-16-15-4-2-3-5-18(15)31-20(16)12-17(21)25-24(32)26-23(27)9-7-14-6-8-19-22(10-14)30-13-29-19/h2-12H,13H2,1H3,(H2,25,26,27,32). The number of nitrogens with one attached hydrogen (secondary N) is 2. The topological polar surface area (TPSA) is 82.0 Å². The molecule has 5 rings (SSSR count). The fourth-order valence-electron chi connectivity index (χ4n) is 3.51. The summed E-state index contributed by atoms with van der Waals surface area (Å²) in [5.74, 6) is 1.55. The molecule has 0 aliphatic carbocycles. The Labute approximate surface area is 188 Å². The highest BCUT2D eigenvalue weighted by Gasteiger charge is 2.14. The maximum absolute atomic E-state index is 12.3. The number of hydrogen-bond donors (Lipinski definition) is 2. The van der Waals surface area contributed by atoms with Crippen LogP contribution in [0.15, 0.2) is 65.1 Å². The van der Waals surface area contributed by atoms with Crippen LogP contribution in [0.3, 0.4) is 0 Å². The van der Waals surface area contributed by atoms with Crippen LogP contribution in [-0.4, -0.2) is 24.9 Å².